The molecule has 1 aliphatic heterocycles. The molecule has 0 aliphatic carbocycles. The molecule has 0 saturated carbocycles. The molecule has 0 bridgehead atoms. The number of amides is 1. The number of hydrogen-bond acceptors (Lipinski definition) is 6. The fraction of sp³-hybridized carbons (Fsp3) is 0.500. The number of benzene rings is 1. The van der Waals surface area contributed by atoms with Crippen LogP contribution in [0.5, 0.6) is 5.75 Å². The highest BCUT2D eigenvalue weighted by Gasteiger charge is 2.34. The zero-order valence-electron chi connectivity index (χ0n) is 15.0. The van der Waals surface area contributed by atoms with Gasteiger partial charge in [0.1, 0.15) is 5.75 Å². The number of ether oxygens (including phenoxy) is 2. The van der Waals surface area contributed by atoms with Crippen LogP contribution in [-0.4, -0.2) is 47.8 Å². The van der Waals surface area contributed by atoms with Crippen molar-refractivity contribution in [2.45, 2.75) is 32.3 Å². The van der Waals surface area contributed by atoms with Crippen molar-refractivity contribution < 1.29 is 18.8 Å². The van der Waals surface area contributed by atoms with Crippen LogP contribution in [0, 0.1) is 0 Å². The van der Waals surface area contributed by atoms with Crippen LogP contribution in [0.15, 0.2) is 28.8 Å². The molecular formula is C18H23N3O4. The smallest absolute Gasteiger partial charge is 0.257 e. The van der Waals surface area contributed by atoms with Gasteiger partial charge in [-0.3, -0.25) is 4.79 Å². The fourth-order valence-corrected chi connectivity index (χ4v) is 2.99. The van der Waals surface area contributed by atoms with Gasteiger partial charge in [-0.15, -0.1) is 0 Å². The molecule has 1 atom stereocenters. The standard InChI is InChI=1S/C18H23N3O4/c1-12(22)21-9-10-24-15(11-21)16-19-17(20-25-16)18(2,3)13-7-5-6-8-14(13)23-4/h5-8,15H,9-11H2,1-4H3. The number of rotatable bonds is 4. The lowest BCUT2D eigenvalue weighted by atomic mass is 9.83. The van der Waals surface area contributed by atoms with Gasteiger partial charge in [-0.2, -0.15) is 4.98 Å². The van der Waals surface area contributed by atoms with E-state index in [-0.39, 0.29) is 5.91 Å². The fourth-order valence-electron chi connectivity index (χ4n) is 2.99. The van der Waals surface area contributed by atoms with E-state index in [0.29, 0.717) is 31.4 Å². The quantitative estimate of drug-likeness (QED) is 0.846. The van der Waals surface area contributed by atoms with Gasteiger partial charge >= 0.3 is 0 Å². The minimum atomic E-state index is -0.497. The number of methoxy groups -OCH3 is 1. The van der Waals surface area contributed by atoms with Crippen LogP contribution in [0.2, 0.25) is 0 Å². The molecular weight excluding hydrogens is 322 g/mol. The Hall–Kier alpha value is -2.41. The van der Waals surface area contributed by atoms with Crippen LogP contribution in [0.25, 0.3) is 0 Å². The maximum atomic E-state index is 11.6. The van der Waals surface area contributed by atoms with E-state index in [1.807, 2.05) is 38.1 Å². The highest BCUT2D eigenvalue weighted by atomic mass is 16.5. The van der Waals surface area contributed by atoms with Crippen molar-refractivity contribution in [3.8, 4) is 5.75 Å². The Morgan fingerprint density at radius 3 is 2.84 bits per heavy atom. The Morgan fingerprint density at radius 2 is 2.12 bits per heavy atom. The molecule has 1 aliphatic rings. The van der Waals surface area contributed by atoms with Gasteiger partial charge in [-0.05, 0) is 19.9 Å². The number of para-hydroxylation sites is 1. The van der Waals surface area contributed by atoms with Crippen molar-refractivity contribution in [3.63, 3.8) is 0 Å². The van der Waals surface area contributed by atoms with Crippen molar-refractivity contribution in [1.82, 2.24) is 15.0 Å². The number of carbonyl (C=O) groups is 1. The molecule has 7 heteroatoms. The minimum absolute atomic E-state index is 0.0161. The molecule has 3 rings (SSSR count). The zero-order valence-corrected chi connectivity index (χ0v) is 15.0. The van der Waals surface area contributed by atoms with Crippen LogP contribution in [-0.2, 0) is 14.9 Å². The molecule has 1 amide bonds. The molecule has 1 aromatic heterocycles. The molecule has 1 unspecified atom stereocenters. The summed E-state index contributed by atoms with van der Waals surface area (Å²) < 4.78 is 16.6. The Balaban J connectivity index is 1.86. The monoisotopic (exact) mass is 345 g/mol. The van der Waals surface area contributed by atoms with Crippen LogP contribution >= 0.6 is 0 Å². The molecule has 134 valence electrons. The number of aromatic nitrogens is 2. The summed E-state index contributed by atoms with van der Waals surface area (Å²) in [5.41, 5.74) is 0.475. The van der Waals surface area contributed by atoms with Crippen LogP contribution in [0.1, 0.15) is 44.2 Å². The average molecular weight is 345 g/mol. The first-order chi connectivity index (χ1) is 11.9. The maximum absolute atomic E-state index is 11.6. The van der Waals surface area contributed by atoms with Gasteiger partial charge in [0.15, 0.2) is 11.9 Å². The first-order valence-corrected chi connectivity index (χ1v) is 8.28. The van der Waals surface area contributed by atoms with Gasteiger partial charge in [0.05, 0.1) is 25.7 Å². The van der Waals surface area contributed by atoms with Crippen molar-refractivity contribution >= 4 is 5.91 Å². The lowest BCUT2D eigenvalue weighted by Crippen LogP contribution is -2.41. The lowest BCUT2D eigenvalue weighted by molar-refractivity contribution is -0.137. The Morgan fingerprint density at radius 1 is 1.36 bits per heavy atom. The van der Waals surface area contributed by atoms with Crippen LogP contribution in [0.3, 0.4) is 0 Å². The predicted molar refractivity (Wildman–Crippen MR) is 90.4 cm³/mol. The summed E-state index contributed by atoms with van der Waals surface area (Å²) in [7, 11) is 1.64. The second kappa shape index (κ2) is 6.84. The first kappa shape index (κ1) is 17.4. The first-order valence-electron chi connectivity index (χ1n) is 8.28. The van der Waals surface area contributed by atoms with Gasteiger partial charge < -0.3 is 18.9 Å². The molecule has 25 heavy (non-hydrogen) atoms. The summed E-state index contributed by atoms with van der Waals surface area (Å²) in [4.78, 5) is 17.9. The third-order valence-corrected chi connectivity index (χ3v) is 4.57. The van der Waals surface area contributed by atoms with E-state index >= 15 is 0 Å². The van der Waals surface area contributed by atoms with Gasteiger partial charge in [0, 0.05) is 19.0 Å². The van der Waals surface area contributed by atoms with Crippen molar-refractivity contribution in [3.05, 3.63) is 41.5 Å². The van der Waals surface area contributed by atoms with E-state index < -0.39 is 11.5 Å². The third kappa shape index (κ3) is 3.37. The molecule has 0 spiro atoms. The molecule has 2 aromatic rings. The van der Waals surface area contributed by atoms with E-state index in [4.69, 9.17) is 14.0 Å². The second-order valence-electron chi connectivity index (χ2n) is 6.61. The SMILES string of the molecule is COc1ccccc1C(C)(C)c1noc(C2CN(C(C)=O)CCO2)n1. The highest BCUT2D eigenvalue weighted by Crippen LogP contribution is 2.36. The van der Waals surface area contributed by atoms with Gasteiger partial charge in [-0.1, -0.05) is 23.4 Å². The number of carbonyl (C=O) groups excluding carboxylic acids is 1. The Labute approximate surface area is 146 Å². The number of morpholine rings is 1. The summed E-state index contributed by atoms with van der Waals surface area (Å²) in [5, 5.41) is 4.16. The van der Waals surface area contributed by atoms with Crippen LogP contribution < -0.4 is 4.74 Å². The van der Waals surface area contributed by atoms with Crippen molar-refractivity contribution in [1.29, 1.82) is 0 Å². The summed E-state index contributed by atoms with van der Waals surface area (Å²) in [6, 6.07) is 7.78. The molecule has 7 nitrogen and oxygen atoms in total. The number of nitrogens with zero attached hydrogens (tertiary/aromatic N) is 3. The summed E-state index contributed by atoms with van der Waals surface area (Å²) in [6.45, 7) is 7.04. The zero-order chi connectivity index (χ0) is 18.0. The molecule has 2 heterocycles. The summed E-state index contributed by atoms with van der Waals surface area (Å²) in [6.07, 6.45) is -0.396. The van der Waals surface area contributed by atoms with E-state index in [1.165, 1.54) is 0 Å². The molecule has 1 fully saturated rings. The van der Waals surface area contributed by atoms with Gasteiger partial charge in [-0.25, -0.2) is 0 Å². The largest absolute Gasteiger partial charge is 0.496 e. The summed E-state index contributed by atoms with van der Waals surface area (Å²) in [5.74, 6) is 1.73. The Bertz CT molecular complexity index is 756. The second-order valence-corrected chi connectivity index (χ2v) is 6.61. The maximum Gasteiger partial charge on any atom is 0.257 e. The van der Waals surface area contributed by atoms with E-state index in [0.717, 1.165) is 11.3 Å². The molecule has 1 saturated heterocycles. The molecule has 0 radical (unpaired) electrons. The Kier molecular flexibility index (Phi) is 4.76. The van der Waals surface area contributed by atoms with Crippen LogP contribution in [0.4, 0.5) is 0 Å². The minimum Gasteiger partial charge on any atom is -0.496 e. The third-order valence-electron chi connectivity index (χ3n) is 4.57. The van der Waals surface area contributed by atoms with E-state index in [9.17, 15) is 4.79 Å². The number of hydrogen-bond donors (Lipinski definition) is 0. The lowest BCUT2D eigenvalue weighted by Gasteiger charge is -2.30. The topological polar surface area (TPSA) is 77.7 Å². The van der Waals surface area contributed by atoms with Crippen molar-refractivity contribution in [2.75, 3.05) is 26.8 Å². The average Bonchev–Trinajstić information content (AvgIpc) is 3.13. The normalized spacial score (nSPS) is 18.2. The van der Waals surface area contributed by atoms with Gasteiger partial charge in [0.25, 0.3) is 5.89 Å². The summed E-state index contributed by atoms with van der Waals surface area (Å²) >= 11 is 0. The predicted octanol–water partition coefficient (Wildman–Crippen LogP) is 2.32. The van der Waals surface area contributed by atoms with Gasteiger partial charge in [0.2, 0.25) is 5.91 Å². The highest BCUT2D eigenvalue weighted by molar-refractivity contribution is 5.73. The van der Waals surface area contributed by atoms with Crippen molar-refractivity contribution in [2.24, 2.45) is 0 Å². The molecule has 0 N–H and O–H groups in total. The van der Waals surface area contributed by atoms with E-state index in [2.05, 4.69) is 10.1 Å². The van der Waals surface area contributed by atoms with E-state index in [1.54, 1.807) is 18.9 Å². The molecule has 1 aromatic carbocycles.